The van der Waals surface area contributed by atoms with Gasteiger partial charge in [0.05, 0.1) is 0 Å². The maximum Gasteiger partial charge on any atom is 0.144 e. The first-order valence-corrected chi connectivity index (χ1v) is 5.13. The minimum atomic E-state index is -0.755. The minimum absolute atomic E-state index is 0.755. The molecule has 1 N–H and O–H groups in total. The number of aliphatic hydroxyl groups is 1. The van der Waals surface area contributed by atoms with Crippen LogP contribution in [-0.2, 0) is 12.1 Å². The highest BCUT2D eigenvalue weighted by molar-refractivity contribution is 5.34. The smallest absolute Gasteiger partial charge is 0.144 e. The van der Waals surface area contributed by atoms with Gasteiger partial charge in [0, 0.05) is 5.56 Å². The summed E-state index contributed by atoms with van der Waals surface area (Å²) in [6.07, 6.45) is 2.98. The third-order valence-corrected chi connectivity index (χ3v) is 3.16. The van der Waals surface area contributed by atoms with E-state index >= 15 is 0 Å². The van der Waals surface area contributed by atoms with Gasteiger partial charge < -0.3 is 5.11 Å². The Morgan fingerprint density at radius 2 is 2.00 bits per heavy atom. The van der Waals surface area contributed by atoms with Crippen molar-refractivity contribution in [3.63, 3.8) is 0 Å². The predicted octanol–water partition coefficient (Wildman–Crippen LogP) is 1.73. The van der Waals surface area contributed by atoms with E-state index in [0.29, 0.717) is 0 Å². The monoisotopic (exact) mass is 191 g/mol. The summed E-state index contributed by atoms with van der Waals surface area (Å²) < 4.78 is 0. The van der Waals surface area contributed by atoms with Gasteiger partial charge in [-0.3, -0.25) is 4.90 Å². The zero-order valence-corrected chi connectivity index (χ0v) is 8.83. The molecule has 1 aromatic rings. The third-order valence-electron chi connectivity index (χ3n) is 3.16. The Bertz CT molecular complexity index is 335. The van der Waals surface area contributed by atoms with Crippen molar-refractivity contribution in [1.29, 1.82) is 0 Å². The normalized spacial score (nSPS) is 26.3. The first kappa shape index (κ1) is 9.69. The van der Waals surface area contributed by atoms with Gasteiger partial charge in [-0.15, -0.1) is 0 Å². The largest absolute Gasteiger partial charge is 0.371 e. The van der Waals surface area contributed by atoms with Gasteiger partial charge in [-0.2, -0.15) is 0 Å². The number of hydrogen-bond acceptors (Lipinski definition) is 2. The molecule has 76 valence electrons. The van der Waals surface area contributed by atoms with E-state index in [1.165, 1.54) is 5.56 Å². The average molecular weight is 191 g/mol. The zero-order valence-electron chi connectivity index (χ0n) is 8.83. The van der Waals surface area contributed by atoms with Crippen molar-refractivity contribution in [1.82, 2.24) is 4.90 Å². The molecule has 0 saturated carbocycles. The highest BCUT2D eigenvalue weighted by atomic mass is 16.3. The Labute approximate surface area is 85.2 Å². The molecule has 0 amide bonds. The molecule has 2 rings (SSSR count). The van der Waals surface area contributed by atoms with Crippen LogP contribution in [0.15, 0.2) is 24.3 Å². The van der Waals surface area contributed by atoms with E-state index < -0.39 is 5.72 Å². The van der Waals surface area contributed by atoms with Crippen molar-refractivity contribution in [3.8, 4) is 0 Å². The van der Waals surface area contributed by atoms with Crippen LogP contribution in [0.1, 0.15) is 24.0 Å². The number of rotatable bonds is 1. The summed E-state index contributed by atoms with van der Waals surface area (Å²) in [6.45, 7) is 0. The Kier molecular flexibility index (Phi) is 2.33. The lowest BCUT2D eigenvalue weighted by Gasteiger charge is -2.39. The van der Waals surface area contributed by atoms with Gasteiger partial charge in [0.1, 0.15) is 5.72 Å². The number of nitrogens with zero attached hydrogens (tertiary/aromatic N) is 1. The van der Waals surface area contributed by atoms with Crippen LogP contribution in [0.5, 0.6) is 0 Å². The third kappa shape index (κ3) is 1.35. The topological polar surface area (TPSA) is 23.5 Å². The highest BCUT2D eigenvalue weighted by Crippen LogP contribution is 2.36. The van der Waals surface area contributed by atoms with Crippen LogP contribution >= 0.6 is 0 Å². The lowest BCUT2D eigenvalue weighted by atomic mass is 9.84. The summed E-state index contributed by atoms with van der Waals surface area (Å²) in [6, 6.07) is 8.19. The lowest BCUT2D eigenvalue weighted by Crippen LogP contribution is -2.43. The van der Waals surface area contributed by atoms with E-state index in [0.717, 1.165) is 24.8 Å². The number of fused-ring (bicyclic) bond motifs is 1. The Hall–Kier alpha value is -0.860. The molecule has 1 unspecified atom stereocenters. The predicted molar refractivity (Wildman–Crippen MR) is 57.0 cm³/mol. The van der Waals surface area contributed by atoms with E-state index in [1.807, 2.05) is 37.2 Å². The molecule has 0 spiro atoms. The molecule has 2 nitrogen and oxygen atoms in total. The second-order valence-corrected chi connectivity index (χ2v) is 4.22. The molecule has 0 heterocycles. The molecule has 0 radical (unpaired) electrons. The summed E-state index contributed by atoms with van der Waals surface area (Å²) in [5.74, 6) is 0. The van der Waals surface area contributed by atoms with Gasteiger partial charge in [-0.1, -0.05) is 24.3 Å². The van der Waals surface area contributed by atoms with Crippen LogP contribution in [0.3, 0.4) is 0 Å². The fourth-order valence-corrected chi connectivity index (χ4v) is 2.25. The number of hydrogen-bond donors (Lipinski definition) is 1. The van der Waals surface area contributed by atoms with Crippen LogP contribution < -0.4 is 0 Å². The van der Waals surface area contributed by atoms with E-state index in [1.54, 1.807) is 0 Å². The molecule has 0 fully saturated rings. The fraction of sp³-hybridized carbons (Fsp3) is 0.500. The van der Waals surface area contributed by atoms with Gasteiger partial charge in [0.15, 0.2) is 0 Å². The van der Waals surface area contributed by atoms with Crippen LogP contribution in [0.25, 0.3) is 0 Å². The summed E-state index contributed by atoms with van der Waals surface area (Å²) in [5.41, 5.74) is 1.61. The van der Waals surface area contributed by atoms with Crippen molar-refractivity contribution in [3.05, 3.63) is 35.4 Å². The molecule has 0 aromatic heterocycles. The average Bonchev–Trinajstić information content (AvgIpc) is 2.18. The van der Waals surface area contributed by atoms with E-state index in [9.17, 15) is 5.11 Å². The van der Waals surface area contributed by atoms with Gasteiger partial charge >= 0.3 is 0 Å². The molecular formula is C12H17NO. The van der Waals surface area contributed by atoms with Crippen LogP contribution in [0, 0.1) is 0 Å². The van der Waals surface area contributed by atoms with Crippen molar-refractivity contribution in [2.45, 2.75) is 25.0 Å². The van der Waals surface area contributed by atoms with Crippen LogP contribution in [-0.4, -0.2) is 24.1 Å². The second kappa shape index (κ2) is 3.37. The van der Waals surface area contributed by atoms with Gasteiger partial charge in [-0.05, 0) is 38.9 Å². The molecular weight excluding hydrogens is 174 g/mol. The standard InChI is InChI=1S/C12H17NO/c1-13(2)12(14)9-5-7-10-6-3-4-8-11(10)12/h3-4,6,8,14H,5,7,9H2,1-2H3. The summed E-state index contributed by atoms with van der Waals surface area (Å²) in [7, 11) is 3.87. The van der Waals surface area contributed by atoms with E-state index in [2.05, 4.69) is 6.07 Å². The molecule has 1 atom stereocenters. The van der Waals surface area contributed by atoms with Gasteiger partial charge in [0.2, 0.25) is 0 Å². The molecule has 1 aliphatic carbocycles. The Balaban J connectivity index is 2.50. The van der Waals surface area contributed by atoms with Crippen molar-refractivity contribution < 1.29 is 5.11 Å². The van der Waals surface area contributed by atoms with E-state index in [4.69, 9.17) is 0 Å². The Morgan fingerprint density at radius 1 is 1.29 bits per heavy atom. The van der Waals surface area contributed by atoms with Crippen LogP contribution in [0.2, 0.25) is 0 Å². The van der Waals surface area contributed by atoms with Gasteiger partial charge in [0.25, 0.3) is 0 Å². The molecule has 1 aromatic carbocycles. The first-order chi connectivity index (χ1) is 6.64. The summed E-state index contributed by atoms with van der Waals surface area (Å²) in [5, 5.41) is 10.5. The van der Waals surface area contributed by atoms with E-state index in [-0.39, 0.29) is 0 Å². The maximum absolute atomic E-state index is 10.5. The SMILES string of the molecule is CN(C)C1(O)CCCc2ccccc21. The van der Waals surface area contributed by atoms with Crippen molar-refractivity contribution >= 4 is 0 Å². The summed E-state index contributed by atoms with van der Waals surface area (Å²) >= 11 is 0. The quantitative estimate of drug-likeness (QED) is 0.683. The summed E-state index contributed by atoms with van der Waals surface area (Å²) in [4.78, 5) is 1.91. The molecule has 0 bridgehead atoms. The fourth-order valence-electron chi connectivity index (χ4n) is 2.25. The maximum atomic E-state index is 10.5. The van der Waals surface area contributed by atoms with Crippen molar-refractivity contribution in [2.24, 2.45) is 0 Å². The molecule has 0 saturated heterocycles. The second-order valence-electron chi connectivity index (χ2n) is 4.22. The lowest BCUT2D eigenvalue weighted by molar-refractivity contribution is -0.102. The number of aryl methyl sites for hydroxylation is 1. The molecule has 14 heavy (non-hydrogen) atoms. The molecule has 1 aliphatic rings. The zero-order chi connectivity index (χ0) is 10.2. The highest BCUT2D eigenvalue weighted by Gasteiger charge is 2.35. The van der Waals surface area contributed by atoms with Gasteiger partial charge in [-0.25, -0.2) is 0 Å². The first-order valence-electron chi connectivity index (χ1n) is 5.13. The minimum Gasteiger partial charge on any atom is -0.371 e. The number of benzene rings is 1. The van der Waals surface area contributed by atoms with Crippen molar-refractivity contribution in [2.75, 3.05) is 14.1 Å². The Morgan fingerprint density at radius 3 is 2.71 bits per heavy atom. The van der Waals surface area contributed by atoms with Crippen LogP contribution in [0.4, 0.5) is 0 Å². The molecule has 0 aliphatic heterocycles. The molecule has 2 heteroatoms.